The second-order valence-electron chi connectivity index (χ2n) is 6.61. The first kappa shape index (κ1) is 18.1. The summed E-state index contributed by atoms with van der Waals surface area (Å²) in [5, 5.41) is 13.5. The van der Waals surface area contributed by atoms with Crippen LogP contribution >= 0.6 is 11.6 Å². The van der Waals surface area contributed by atoms with Crippen LogP contribution in [0.4, 0.5) is 5.69 Å². The van der Waals surface area contributed by atoms with Crippen molar-refractivity contribution in [3.63, 3.8) is 0 Å². The lowest BCUT2D eigenvalue weighted by atomic mass is 10.1. The summed E-state index contributed by atoms with van der Waals surface area (Å²) in [6.07, 6.45) is 0. The van der Waals surface area contributed by atoms with Crippen LogP contribution in [0.5, 0.6) is 5.75 Å². The average molecular weight is 393 g/mol. The number of aryl methyl sites for hydroxylation is 2. The topological polar surface area (TPSA) is 75.4 Å². The molecule has 28 heavy (non-hydrogen) atoms. The van der Waals surface area contributed by atoms with Crippen LogP contribution in [-0.4, -0.2) is 16.0 Å². The predicted octanol–water partition coefficient (Wildman–Crippen LogP) is 5.72. The summed E-state index contributed by atoms with van der Waals surface area (Å²) in [6, 6.07) is 15.5. The molecule has 1 heterocycles. The van der Waals surface area contributed by atoms with E-state index in [1.807, 2.05) is 26.0 Å². The van der Waals surface area contributed by atoms with Gasteiger partial charge in [0.1, 0.15) is 11.3 Å². The van der Waals surface area contributed by atoms with Crippen molar-refractivity contribution in [2.24, 2.45) is 0 Å². The van der Waals surface area contributed by atoms with Gasteiger partial charge in [-0.1, -0.05) is 29.8 Å². The van der Waals surface area contributed by atoms with E-state index in [2.05, 4.69) is 10.3 Å². The maximum absolute atomic E-state index is 12.5. The number of carbonyl (C=O) groups is 1. The molecule has 2 N–H and O–H groups in total. The average Bonchev–Trinajstić information content (AvgIpc) is 3.07. The molecule has 0 bridgehead atoms. The summed E-state index contributed by atoms with van der Waals surface area (Å²) in [6.45, 7) is 3.94. The maximum Gasteiger partial charge on any atom is 0.257 e. The maximum atomic E-state index is 12.5. The van der Waals surface area contributed by atoms with Gasteiger partial charge in [0.2, 0.25) is 5.89 Å². The van der Waals surface area contributed by atoms with Gasteiger partial charge in [-0.05, 0) is 61.4 Å². The van der Waals surface area contributed by atoms with Crippen LogP contribution in [0.3, 0.4) is 0 Å². The molecule has 0 saturated carbocycles. The van der Waals surface area contributed by atoms with Crippen molar-refractivity contribution in [3.8, 4) is 17.2 Å². The third-order valence-corrected chi connectivity index (χ3v) is 4.75. The van der Waals surface area contributed by atoms with E-state index >= 15 is 0 Å². The molecule has 0 unspecified atom stereocenters. The molecule has 1 aromatic heterocycles. The number of nitrogens with zero attached hydrogens (tertiary/aromatic N) is 1. The molecule has 0 aliphatic carbocycles. The second kappa shape index (κ2) is 7.02. The molecule has 0 saturated heterocycles. The van der Waals surface area contributed by atoms with E-state index in [-0.39, 0.29) is 17.5 Å². The number of phenolic OH excluding ortho intramolecular Hbond substituents is 1. The van der Waals surface area contributed by atoms with Gasteiger partial charge in [-0.15, -0.1) is 0 Å². The van der Waals surface area contributed by atoms with Gasteiger partial charge in [0, 0.05) is 5.69 Å². The standard InChI is InChI=1S/C22H17ClN2O3/c1-12-9-13(2)20-18(10-12)25-22(28-20)16-11-14(7-8-19(16)26)24-21(27)15-5-3-4-6-17(15)23/h3-11,26H,1-2H3,(H,24,27). The van der Waals surface area contributed by atoms with Crippen molar-refractivity contribution in [2.75, 3.05) is 5.32 Å². The number of aromatic hydroxyl groups is 1. The SMILES string of the molecule is Cc1cc(C)c2oc(-c3cc(NC(=O)c4ccccc4Cl)ccc3O)nc2c1. The molecular formula is C22H17ClN2O3. The van der Waals surface area contributed by atoms with Crippen molar-refractivity contribution >= 4 is 34.3 Å². The van der Waals surface area contributed by atoms with Gasteiger partial charge in [-0.2, -0.15) is 0 Å². The highest BCUT2D eigenvalue weighted by atomic mass is 35.5. The Morgan fingerprint density at radius 2 is 1.89 bits per heavy atom. The number of carbonyl (C=O) groups excluding carboxylic acids is 1. The Bertz CT molecular complexity index is 1210. The van der Waals surface area contributed by atoms with Gasteiger partial charge >= 0.3 is 0 Å². The number of oxazole rings is 1. The molecule has 0 radical (unpaired) electrons. The molecule has 0 atom stereocenters. The van der Waals surface area contributed by atoms with E-state index in [1.165, 1.54) is 6.07 Å². The van der Waals surface area contributed by atoms with Gasteiger partial charge in [0.25, 0.3) is 5.91 Å². The zero-order valence-electron chi connectivity index (χ0n) is 15.3. The molecule has 0 fully saturated rings. The zero-order valence-corrected chi connectivity index (χ0v) is 16.0. The zero-order chi connectivity index (χ0) is 19.8. The van der Waals surface area contributed by atoms with E-state index < -0.39 is 0 Å². The van der Waals surface area contributed by atoms with Gasteiger partial charge < -0.3 is 14.8 Å². The second-order valence-corrected chi connectivity index (χ2v) is 7.02. The van der Waals surface area contributed by atoms with E-state index in [9.17, 15) is 9.90 Å². The summed E-state index contributed by atoms with van der Waals surface area (Å²) in [7, 11) is 0. The van der Waals surface area contributed by atoms with Crippen LogP contribution in [0.15, 0.2) is 59.0 Å². The minimum atomic E-state index is -0.341. The number of halogens is 1. The smallest absolute Gasteiger partial charge is 0.257 e. The molecule has 140 valence electrons. The molecule has 3 aromatic carbocycles. The number of aromatic nitrogens is 1. The molecule has 0 aliphatic heterocycles. The highest BCUT2D eigenvalue weighted by molar-refractivity contribution is 6.34. The number of fused-ring (bicyclic) bond motifs is 1. The predicted molar refractivity (Wildman–Crippen MR) is 110 cm³/mol. The molecule has 4 aromatic rings. The first-order valence-corrected chi connectivity index (χ1v) is 9.07. The largest absolute Gasteiger partial charge is 0.507 e. The Balaban J connectivity index is 1.71. The van der Waals surface area contributed by atoms with E-state index in [0.29, 0.717) is 27.4 Å². The molecule has 5 nitrogen and oxygen atoms in total. The number of phenols is 1. The fourth-order valence-corrected chi connectivity index (χ4v) is 3.34. The van der Waals surface area contributed by atoms with Crippen molar-refractivity contribution in [1.82, 2.24) is 4.98 Å². The van der Waals surface area contributed by atoms with Gasteiger partial charge in [0.15, 0.2) is 5.58 Å². The van der Waals surface area contributed by atoms with Crippen LogP contribution in [0, 0.1) is 13.8 Å². The Morgan fingerprint density at radius 1 is 1.11 bits per heavy atom. The first-order valence-electron chi connectivity index (χ1n) is 8.69. The number of hydrogen-bond acceptors (Lipinski definition) is 4. The van der Waals surface area contributed by atoms with Crippen molar-refractivity contribution in [1.29, 1.82) is 0 Å². The van der Waals surface area contributed by atoms with Gasteiger partial charge in [-0.25, -0.2) is 4.98 Å². The van der Waals surface area contributed by atoms with Crippen LogP contribution in [-0.2, 0) is 0 Å². The Labute approximate surface area is 166 Å². The lowest BCUT2D eigenvalue weighted by Crippen LogP contribution is -2.12. The Kier molecular flexibility index (Phi) is 4.53. The van der Waals surface area contributed by atoms with Crippen LogP contribution in [0.1, 0.15) is 21.5 Å². The summed E-state index contributed by atoms with van der Waals surface area (Å²) >= 11 is 6.08. The van der Waals surface area contributed by atoms with E-state index in [4.69, 9.17) is 16.0 Å². The fraction of sp³-hybridized carbons (Fsp3) is 0.0909. The number of benzene rings is 3. The Morgan fingerprint density at radius 3 is 2.68 bits per heavy atom. The van der Waals surface area contributed by atoms with Crippen molar-refractivity contribution < 1.29 is 14.3 Å². The highest BCUT2D eigenvalue weighted by Gasteiger charge is 2.16. The minimum Gasteiger partial charge on any atom is -0.507 e. The quantitative estimate of drug-likeness (QED) is 0.437. The molecule has 6 heteroatoms. The van der Waals surface area contributed by atoms with Gasteiger partial charge in [-0.3, -0.25) is 4.79 Å². The van der Waals surface area contributed by atoms with Gasteiger partial charge in [0.05, 0.1) is 16.1 Å². The minimum absolute atomic E-state index is 0.0108. The summed E-state index contributed by atoms with van der Waals surface area (Å²) < 4.78 is 5.88. The van der Waals surface area contributed by atoms with Crippen LogP contribution < -0.4 is 5.32 Å². The summed E-state index contributed by atoms with van der Waals surface area (Å²) in [5.74, 6) is -0.0435. The van der Waals surface area contributed by atoms with Crippen LogP contribution in [0.2, 0.25) is 5.02 Å². The third kappa shape index (κ3) is 3.32. The number of anilines is 1. The first-order chi connectivity index (χ1) is 13.4. The van der Waals surface area contributed by atoms with Crippen LogP contribution in [0.25, 0.3) is 22.6 Å². The van der Waals surface area contributed by atoms with Crippen molar-refractivity contribution in [2.45, 2.75) is 13.8 Å². The molecule has 0 aliphatic rings. The Hall–Kier alpha value is -3.31. The molecule has 0 spiro atoms. The number of rotatable bonds is 3. The highest BCUT2D eigenvalue weighted by Crippen LogP contribution is 2.34. The van der Waals surface area contributed by atoms with E-state index in [1.54, 1.807) is 36.4 Å². The van der Waals surface area contributed by atoms with E-state index in [0.717, 1.165) is 16.6 Å². The lowest BCUT2D eigenvalue weighted by Gasteiger charge is -2.08. The lowest BCUT2D eigenvalue weighted by molar-refractivity contribution is 0.102. The molecule has 1 amide bonds. The third-order valence-electron chi connectivity index (χ3n) is 4.42. The molecular weight excluding hydrogens is 376 g/mol. The number of nitrogens with one attached hydrogen (secondary N) is 1. The number of hydrogen-bond donors (Lipinski definition) is 2. The summed E-state index contributed by atoms with van der Waals surface area (Å²) in [4.78, 5) is 17.0. The number of amides is 1. The summed E-state index contributed by atoms with van der Waals surface area (Å²) in [5.41, 5.74) is 4.69. The fourth-order valence-electron chi connectivity index (χ4n) is 3.12. The van der Waals surface area contributed by atoms with Crippen molar-refractivity contribution in [3.05, 3.63) is 76.3 Å². The normalized spacial score (nSPS) is 11.0. The molecule has 4 rings (SSSR count). The monoisotopic (exact) mass is 392 g/mol.